The number of hydrogen-bond acceptors (Lipinski definition) is 4. The number of hydrogen-bond donors (Lipinski definition) is 1. The molecule has 1 aromatic rings. The predicted octanol–water partition coefficient (Wildman–Crippen LogP) is 1.98. The first-order valence-electron chi connectivity index (χ1n) is 6.29. The van der Waals surface area contributed by atoms with Gasteiger partial charge in [-0.2, -0.15) is 0 Å². The van der Waals surface area contributed by atoms with Crippen molar-refractivity contribution < 1.29 is 4.74 Å². The minimum atomic E-state index is 0.340. The Morgan fingerprint density at radius 2 is 2.41 bits per heavy atom. The zero-order chi connectivity index (χ0) is 12.3. The van der Waals surface area contributed by atoms with Crippen LogP contribution in [0.3, 0.4) is 0 Å². The van der Waals surface area contributed by atoms with E-state index in [1.165, 1.54) is 0 Å². The molecule has 1 aliphatic rings. The zero-order valence-corrected chi connectivity index (χ0v) is 10.6. The smallest absolute Gasteiger partial charge is 0.131 e. The predicted molar refractivity (Wildman–Crippen MR) is 70.2 cm³/mol. The first-order chi connectivity index (χ1) is 8.20. The highest BCUT2D eigenvalue weighted by Gasteiger charge is 2.21. The molecule has 1 aliphatic heterocycles. The van der Waals surface area contributed by atoms with Gasteiger partial charge in [0.05, 0.1) is 18.0 Å². The molecule has 1 aromatic heterocycles. The summed E-state index contributed by atoms with van der Waals surface area (Å²) in [7, 11) is 0. The van der Waals surface area contributed by atoms with Gasteiger partial charge in [0, 0.05) is 19.7 Å². The molecule has 0 bridgehead atoms. The standard InChI is InChI=1S/C13H21N3O/c1-3-17-12-5-4-6-16(9-12)13-10(2)7-11(14)8-15-13/h7-8,12H,3-6,9,14H2,1-2H3. The van der Waals surface area contributed by atoms with Crippen LogP contribution in [0, 0.1) is 6.92 Å². The van der Waals surface area contributed by atoms with Crippen molar-refractivity contribution in [3.63, 3.8) is 0 Å². The first kappa shape index (κ1) is 12.2. The molecule has 1 atom stereocenters. The van der Waals surface area contributed by atoms with Gasteiger partial charge >= 0.3 is 0 Å². The summed E-state index contributed by atoms with van der Waals surface area (Å²) in [6, 6.07) is 1.98. The summed E-state index contributed by atoms with van der Waals surface area (Å²) in [6.45, 7) is 6.88. The van der Waals surface area contributed by atoms with E-state index >= 15 is 0 Å². The highest BCUT2D eigenvalue weighted by molar-refractivity contribution is 5.52. The monoisotopic (exact) mass is 235 g/mol. The molecule has 0 spiro atoms. The third kappa shape index (κ3) is 2.88. The Labute approximate surface area is 103 Å². The van der Waals surface area contributed by atoms with E-state index in [0.29, 0.717) is 6.10 Å². The van der Waals surface area contributed by atoms with Gasteiger partial charge in [0.15, 0.2) is 0 Å². The van der Waals surface area contributed by atoms with Gasteiger partial charge in [-0.1, -0.05) is 0 Å². The lowest BCUT2D eigenvalue weighted by molar-refractivity contribution is 0.0525. The van der Waals surface area contributed by atoms with E-state index < -0.39 is 0 Å². The maximum Gasteiger partial charge on any atom is 0.131 e. The highest BCUT2D eigenvalue weighted by atomic mass is 16.5. The fourth-order valence-corrected chi connectivity index (χ4v) is 2.42. The number of anilines is 2. The van der Waals surface area contributed by atoms with Gasteiger partial charge in [0.2, 0.25) is 0 Å². The molecule has 2 heterocycles. The molecule has 0 amide bonds. The lowest BCUT2D eigenvalue weighted by atomic mass is 10.1. The van der Waals surface area contributed by atoms with Crippen LogP contribution in [0.4, 0.5) is 11.5 Å². The van der Waals surface area contributed by atoms with Crippen LogP contribution in [-0.4, -0.2) is 30.8 Å². The van der Waals surface area contributed by atoms with Crippen LogP contribution in [0.1, 0.15) is 25.3 Å². The Balaban J connectivity index is 2.10. The van der Waals surface area contributed by atoms with Crippen molar-refractivity contribution in [3.05, 3.63) is 17.8 Å². The molecule has 17 heavy (non-hydrogen) atoms. The topological polar surface area (TPSA) is 51.4 Å². The van der Waals surface area contributed by atoms with E-state index in [9.17, 15) is 0 Å². The van der Waals surface area contributed by atoms with Crippen molar-refractivity contribution in [1.82, 2.24) is 4.98 Å². The summed E-state index contributed by atoms with van der Waals surface area (Å²) in [6.07, 6.45) is 4.38. The van der Waals surface area contributed by atoms with Crippen LogP contribution < -0.4 is 10.6 Å². The molecule has 0 aromatic carbocycles. The second kappa shape index (κ2) is 5.36. The highest BCUT2D eigenvalue weighted by Crippen LogP contribution is 2.23. The Morgan fingerprint density at radius 1 is 1.59 bits per heavy atom. The van der Waals surface area contributed by atoms with E-state index in [1.807, 2.05) is 13.0 Å². The lowest BCUT2D eigenvalue weighted by Gasteiger charge is -2.34. The van der Waals surface area contributed by atoms with Gasteiger partial charge in [0.25, 0.3) is 0 Å². The minimum Gasteiger partial charge on any atom is -0.397 e. The van der Waals surface area contributed by atoms with Crippen LogP contribution in [-0.2, 0) is 4.74 Å². The van der Waals surface area contributed by atoms with Gasteiger partial charge < -0.3 is 15.4 Å². The van der Waals surface area contributed by atoms with Gasteiger partial charge in [-0.25, -0.2) is 4.98 Å². The summed E-state index contributed by atoms with van der Waals surface area (Å²) in [5.41, 5.74) is 7.59. The summed E-state index contributed by atoms with van der Waals surface area (Å²) >= 11 is 0. The molecule has 4 heteroatoms. The maximum absolute atomic E-state index is 5.73. The largest absolute Gasteiger partial charge is 0.397 e. The van der Waals surface area contributed by atoms with Crippen LogP contribution in [0.5, 0.6) is 0 Å². The number of nitrogens with zero attached hydrogens (tertiary/aromatic N) is 2. The number of aromatic nitrogens is 1. The summed E-state index contributed by atoms with van der Waals surface area (Å²) < 4.78 is 5.70. The molecule has 2 N–H and O–H groups in total. The molecule has 4 nitrogen and oxygen atoms in total. The molecule has 1 saturated heterocycles. The van der Waals surface area contributed by atoms with Crippen molar-refractivity contribution in [2.75, 3.05) is 30.3 Å². The molecule has 0 radical (unpaired) electrons. The van der Waals surface area contributed by atoms with Crippen molar-refractivity contribution in [2.45, 2.75) is 32.8 Å². The number of ether oxygens (including phenoxy) is 1. The Morgan fingerprint density at radius 3 is 3.12 bits per heavy atom. The molecule has 1 fully saturated rings. The minimum absolute atomic E-state index is 0.340. The van der Waals surface area contributed by atoms with Gasteiger partial charge in [-0.05, 0) is 38.3 Å². The molecule has 0 saturated carbocycles. The van der Waals surface area contributed by atoms with E-state index in [2.05, 4.69) is 16.8 Å². The van der Waals surface area contributed by atoms with Crippen molar-refractivity contribution in [3.8, 4) is 0 Å². The summed E-state index contributed by atoms with van der Waals surface area (Å²) in [4.78, 5) is 6.75. The SMILES string of the molecule is CCOC1CCCN(c2ncc(N)cc2C)C1. The molecular formula is C13H21N3O. The van der Waals surface area contributed by atoms with E-state index in [0.717, 1.165) is 49.6 Å². The fourth-order valence-electron chi connectivity index (χ4n) is 2.42. The number of nitrogens with two attached hydrogens (primary N) is 1. The van der Waals surface area contributed by atoms with Gasteiger partial charge in [0.1, 0.15) is 5.82 Å². The molecular weight excluding hydrogens is 214 g/mol. The Hall–Kier alpha value is -1.29. The van der Waals surface area contributed by atoms with Crippen molar-refractivity contribution in [1.29, 1.82) is 0 Å². The fraction of sp³-hybridized carbons (Fsp3) is 0.615. The number of rotatable bonds is 3. The number of nitrogen functional groups attached to an aromatic ring is 1. The van der Waals surface area contributed by atoms with Crippen LogP contribution in [0.15, 0.2) is 12.3 Å². The van der Waals surface area contributed by atoms with Crippen molar-refractivity contribution >= 4 is 11.5 Å². The molecule has 1 unspecified atom stereocenters. The second-order valence-corrected chi connectivity index (χ2v) is 4.57. The summed E-state index contributed by atoms with van der Waals surface area (Å²) in [5.74, 6) is 1.05. The average molecular weight is 235 g/mol. The van der Waals surface area contributed by atoms with Crippen LogP contribution in [0.25, 0.3) is 0 Å². The molecule has 2 rings (SSSR count). The number of aryl methyl sites for hydroxylation is 1. The van der Waals surface area contributed by atoms with Gasteiger partial charge in [-0.3, -0.25) is 0 Å². The Kier molecular flexibility index (Phi) is 3.84. The average Bonchev–Trinajstić information content (AvgIpc) is 2.29. The van der Waals surface area contributed by atoms with Crippen LogP contribution in [0.2, 0.25) is 0 Å². The Bertz CT molecular complexity index is 379. The first-order valence-corrected chi connectivity index (χ1v) is 6.29. The summed E-state index contributed by atoms with van der Waals surface area (Å²) in [5, 5.41) is 0. The van der Waals surface area contributed by atoms with Crippen LogP contribution >= 0.6 is 0 Å². The second-order valence-electron chi connectivity index (χ2n) is 4.57. The van der Waals surface area contributed by atoms with E-state index in [1.54, 1.807) is 6.20 Å². The molecule has 0 aliphatic carbocycles. The quantitative estimate of drug-likeness (QED) is 0.870. The van der Waals surface area contributed by atoms with Gasteiger partial charge in [-0.15, -0.1) is 0 Å². The number of pyridine rings is 1. The zero-order valence-electron chi connectivity index (χ0n) is 10.6. The van der Waals surface area contributed by atoms with E-state index in [-0.39, 0.29) is 0 Å². The molecule has 94 valence electrons. The number of piperidine rings is 1. The normalized spacial score (nSPS) is 20.6. The lowest BCUT2D eigenvalue weighted by Crippen LogP contribution is -2.40. The van der Waals surface area contributed by atoms with Crippen molar-refractivity contribution in [2.24, 2.45) is 0 Å². The third-order valence-corrected chi connectivity index (χ3v) is 3.15. The van der Waals surface area contributed by atoms with E-state index in [4.69, 9.17) is 10.5 Å². The maximum atomic E-state index is 5.73. The third-order valence-electron chi connectivity index (χ3n) is 3.15.